The van der Waals surface area contributed by atoms with Crippen LogP contribution in [-0.4, -0.2) is 28.7 Å². The predicted molar refractivity (Wildman–Crippen MR) is 98.2 cm³/mol. The van der Waals surface area contributed by atoms with Crippen LogP contribution in [0.15, 0.2) is 42.6 Å². The van der Waals surface area contributed by atoms with Gasteiger partial charge >= 0.3 is 6.09 Å². The van der Waals surface area contributed by atoms with Crippen LogP contribution in [0.3, 0.4) is 0 Å². The van der Waals surface area contributed by atoms with Crippen LogP contribution >= 0.6 is 0 Å². The highest BCUT2D eigenvalue weighted by Gasteiger charge is 2.17. The number of nitriles is 1. The molecule has 7 nitrogen and oxygen atoms in total. The van der Waals surface area contributed by atoms with Crippen LogP contribution in [0.4, 0.5) is 10.6 Å². The summed E-state index contributed by atoms with van der Waals surface area (Å²) < 4.78 is 5.44. The molecule has 1 aromatic heterocycles. The Morgan fingerprint density at radius 2 is 2.00 bits per heavy atom. The van der Waals surface area contributed by atoms with Crippen molar-refractivity contribution in [2.24, 2.45) is 5.92 Å². The van der Waals surface area contributed by atoms with Crippen LogP contribution in [0.5, 0.6) is 0 Å². The molecule has 0 saturated carbocycles. The Morgan fingerprint density at radius 3 is 2.65 bits per heavy atom. The number of hydrazine groups is 1. The number of anilines is 1. The molecular weight excluding hydrogens is 330 g/mol. The molecule has 0 aliphatic carbocycles. The standard InChI is InChI=1S/C19H23N5O2/c1-14(2)13-24(18-9-10-21-17(12-20)22-18)23-19(25)26-15(3)11-16-7-5-4-6-8-16/h4-10,14-15H,11,13H2,1-3H3,(H,23,25). The van der Waals surface area contributed by atoms with Gasteiger partial charge in [-0.15, -0.1) is 0 Å². The summed E-state index contributed by atoms with van der Waals surface area (Å²) in [5, 5.41) is 10.5. The molecule has 1 N–H and O–H groups in total. The lowest BCUT2D eigenvalue weighted by Gasteiger charge is -2.26. The summed E-state index contributed by atoms with van der Waals surface area (Å²) in [4.78, 5) is 20.3. The first-order valence-corrected chi connectivity index (χ1v) is 8.49. The van der Waals surface area contributed by atoms with E-state index in [1.807, 2.05) is 57.2 Å². The largest absolute Gasteiger partial charge is 0.445 e. The van der Waals surface area contributed by atoms with Crippen molar-refractivity contribution in [1.29, 1.82) is 5.26 Å². The van der Waals surface area contributed by atoms with Crippen molar-refractivity contribution in [3.8, 4) is 6.07 Å². The third-order valence-electron chi connectivity index (χ3n) is 3.47. The van der Waals surface area contributed by atoms with E-state index in [1.54, 1.807) is 11.1 Å². The molecule has 26 heavy (non-hydrogen) atoms. The van der Waals surface area contributed by atoms with Gasteiger partial charge in [-0.1, -0.05) is 44.2 Å². The summed E-state index contributed by atoms with van der Waals surface area (Å²) in [5.74, 6) is 0.749. The number of nitrogens with one attached hydrogen (secondary N) is 1. The summed E-state index contributed by atoms with van der Waals surface area (Å²) >= 11 is 0. The Bertz CT molecular complexity index is 758. The number of amides is 1. The zero-order valence-electron chi connectivity index (χ0n) is 15.2. The second-order valence-electron chi connectivity index (χ2n) is 6.37. The molecule has 2 aromatic rings. The molecule has 0 aliphatic rings. The molecule has 0 spiro atoms. The lowest BCUT2D eigenvalue weighted by Crippen LogP contribution is -2.46. The van der Waals surface area contributed by atoms with Gasteiger partial charge in [0.15, 0.2) is 5.82 Å². The molecule has 1 aromatic carbocycles. The van der Waals surface area contributed by atoms with Crippen LogP contribution in [0.2, 0.25) is 0 Å². The fourth-order valence-electron chi connectivity index (χ4n) is 2.42. The van der Waals surface area contributed by atoms with Crippen molar-refractivity contribution >= 4 is 11.9 Å². The highest BCUT2D eigenvalue weighted by molar-refractivity contribution is 5.69. The topological polar surface area (TPSA) is 91.1 Å². The zero-order valence-corrected chi connectivity index (χ0v) is 15.2. The Hall–Kier alpha value is -3.14. The van der Waals surface area contributed by atoms with Gasteiger partial charge in [0.1, 0.15) is 12.2 Å². The van der Waals surface area contributed by atoms with Gasteiger partial charge in [0, 0.05) is 25.2 Å². The third-order valence-corrected chi connectivity index (χ3v) is 3.47. The van der Waals surface area contributed by atoms with Crippen LogP contribution in [0.25, 0.3) is 0 Å². The quantitative estimate of drug-likeness (QED) is 0.769. The number of benzene rings is 1. The number of carbonyl (C=O) groups excluding carboxylic acids is 1. The van der Waals surface area contributed by atoms with Gasteiger partial charge in [-0.25, -0.2) is 15.2 Å². The average Bonchev–Trinajstić information content (AvgIpc) is 2.61. The minimum atomic E-state index is -0.564. The maximum atomic E-state index is 12.3. The predicted octanol–water partition coefficient (Wildman–Crippen LogP) is 3.08. The number of ether oxygens (including phenoxy) is 1. The van der Waals surface area contributed by atoms with Gasteiger partial charge in [0.25, 0.3) is 0 Å². The number of hydrogen-bond acceptors (Lipinski definition) is 6. The molecule has 7 heteroatoms. The van der Waals surface area contributed by atoms with E-state index in [0.29, 0.717) is 18.8 Å². The van der Waals surface area contributed by atoms with Crippen LogP contribution in [0.1, 0.15) is 32.2 Å². The van der Waals surface area contributed by atoms with Crippen LogP contribution in [-0.2, 0) is 11.2 Å². The Balaban J connectivity index is 2.00. The first-order valence-electron chi connectivity index (χ1n) is 8.49. The number of carbonyl (C=O) groups is 1. The summed E-state index contributed by atoms with van der Waals surface area (Å²) in [6.07, 6.45) is 1.27. The van der Waals surface area contributed by atoms with Gasteiger partial charge in [0.2, 0.25) is 5.82 Å². The van der Waals surface area contributed by atoms with Crippen molar-refractivity contribution in [2.45, 2.75) is 33.3 Å². The summed E-state index contributed by atoms with van der Waals surface area (Å²) in [7, 11) is 0. The molecule has 1 unspecified atom stereocenters. The Kier molecular flexibility index (Phi) is 6.92. The third kappa shape index (κ3) is 6.06. The zero-order chi connectivity index (χ0) is 18.9. The van der Waals surface area contributed by atoms with E-state index in [4.69, 9.17) is 10.00 Å². The monoisotopic (exact) mass is 353 g/mol. The smallest absolute Gasteiger partial charge is 0.426 e. The molecule has 0 bridgehead atoms. The number of nitrogens with zero attached hydrogens (tertiary/aromatic N) is 4. The Morgan fingerprint density at radius 1 is 1.27 bits per heavy atom. The number of aromatic nitrogens is 2. The Labute approximate surface area is 153 Å². The second-order valence-corrected chi connectivity index (χ2v) is 6.37. The lowest BCUT2D eigenvalue weighted by atomic mass is 10.1. The average molecular weight is 353 g/mol. The van der Waals surface area contributed by atoms with Crippen molar-refractivity contribution < 1.29 is 9.53 Å². The van der Waals surface area contributed by atoms with Gasteiger partial charge in [-0.2, -0.15) is 10.2 Å². The molecule has 0 radical (unpaired) electrons. The molecule has 1 amide bonds. The van der Waals surface area contributed by atoms with Crippen molar-refractivity contribution in [3.63, 3.8) is 0 Å². The van der Waals surface area contributed by atoms with E-state index in [-0.39, 0.29) is 17.8 Å². The van der Waals surface area contributed by atoms with Crippen molar-refractivity contribution in [2.75, 3.05) is 11.6 Å². The fourth-order valence-corrected chi connectivity index (χ4v) is 2.42. The summed E-state index contributed by atoms with van der Waals surface area (Å²) in [6.45, 7) is 6.40. The van der Waals surface area contributed by atoms with Gasteiger partial charge in [-0.3, -0.25) is 5.01 Å². The SMILES string of the molecule is CC(C)CN(NC(=O)OC(C)Cc1ccccc1)c1ccnc(C#N)n1. The molecule has 1 atom stereocenters. The lowest BCUT2D eigenvalue weighted by molar-refractivity contribution is 0.106. The molecular formula is C19H23N5O2. The fraction of sp³-hybridized carbons (Fsp3) is 0.368. The number of rotatable bonds is 7. The summed E-state index contributed by atoms with van der Waals surface area (Å²) in [5.41, 5.74) is 3.80. The van der Waals surface area contributed by atoms with Crippen LogP contribution in [0, 0.1) is 17.2 Å². The first-order chi connectivity index (χ1) is 12.5. The van der Waals surface area contributed by atoms with E-state index in [1.165, 1.54) is 6.20 Å². The van der Waals surface area contributed by atoms with E-state index in [0.717, 1.165) is 5.56 Å². The maximum Gasteiger partial charge on any atom is 0.426 e. The molecule has 0 fully saturated rings. The molecule has 2 rings (SSSR count). The van der Waals surface area contributed by atoms with E-state index in [2.05, 4.69) is 15.4 Å². The molecule has 0 saturated heterocycles. The highest BCUT2D eigenvalue weighted by Crippen LogP contribution is 2.11. The van der Waals surface area contributed by atoms with Crippen LogP contribution < -0.4 is 10.4 Å². The van der Waals surface area contributed by atoms with Gasteiger partial charge in [0.05, 0.1) is 0 Å². The minimum absolute atomic E-state index is 0.0452. The van der Waals surface area contributed by atoms with E-state index >= 15 is 0 Å². The molecule has 0 aliphatic heterocycles. The minimum Gasteiger partial charge on any atom is -0.445 e. The molecule has 1 heterocycles. The first kappa shape index (κ1) is 19.2. The van der Waals surface area contributed by atoms with Gasteiger partial charge < -0.3 is 4.74 Å². The highest BCUT2D eigenvalue weighted by atomic mass is 16.6. The van der Waals surface area contributed by atoms with E-state index < -0.39 is 6.09 Å². The van der Waals surface area contributed by atoms with Crippen molar-refractivity contribution in [3.05, 3.63) is 54.0 Å². The van der Waals surface area contributed by atoms with Gasteiger partial charge in [-0.05, 0) is 18.4 Å². The van der Waals surface area contributed by atoms with E-state index in [9.17, 15) is 4.79 Å². The number of hydrogen-bond donors (Lipinski definition) is 1. The second kappa shape index (κ2) is 9.37. The summed E-state index contributed by atoms with van der Waals surface area (Å²) in [6, 6.07) is 13.4. The molecule has 136 valence electrons. The normalized spacial score (nSPS) is 11.5. The maximum absolute atomic E-state index is 12.3. The van der Waals surface area contributed by atoms with Crippen molar-refractivity contribution in [1.82, 2.24) is 15.4 Å².